The minimum Gasteiger partial charge on any atom is -0.397 e. The highest BCUT2D eigenvalue weighted by Gasteiger charge is 2.26. The Labute approximate surface area is 118 Å². The van der Waals surface area contributed by atoms with E-state index in [0.29, 0.717) is 6.07 Å². The molecule has 112 valence electrons. The predicted molar refractivity (Wildman–Crippen MR) is 71.5 cm³/mol. The summed E-state index contributed by atoms with van der Waals surface area (Å²) in [6, 6.07) is 2.62. The maximum absolute atomic E-state index is 13.8. The van der Waals surface area contributed by atoms with E-state index >= 15 is 0 Å². The molecular formula is C10H10FN5O4S. The van der Waals surface area contributed by atoms with Gasteiger partial charge < -0.3 is 5.73 Å². The predicted octanol–water partition coefficient (Wildman–Crippen LogP) is 0.850. The average Bonchev–Trinajstić information content (AvgIpc) is 2.72. The van der Waals surface area contributed by atoms with Gasteiger partial charge in [0.2, 0.25) is 0 Å². The van der Waals surface area contributed by atoms with Crippen LogP contribution < -0.4 is 10.5 Å². The number of non-ortho nitro benzene ring substituents is 1. The fraction of sp³-hybridized carbons (Fsp3) is 0.100. The van der Waals surface area contributed by atoms with Crippen LogP contribution in [-0.2, 0) is 17.1 Å². The van der Waals surface area contributed by atoms with Gasteiger partial charge in [-0.25, -0.2) is 12.8 Å². The van der Waals surface area contributed by atoms with Gasteiger partial charge in [0.05, 0.1) is 16.7 Å². The summed E-state index contributed by atoms with van der Waals surface area (Å²) in [7, 11) is -2.78. The van der Waals surface area contributed by atoms with E-state index in [1.54, 1.807) is 7.05 Å². The number of nitro benzene ring substituents is 1. The molecule has 21 heavy (non-hydrogen) atoms. The largest absolute Gasteiger partial charge is 0.397 e. The lowest BCUT2D eigenvalue weighted by molar-refractivity contribution is -0.385. The van der Waals surface area contributed by atoms with E-state index < -0.39 is 37.0 Å². The Morgan fingerprint density at radius 3 is 2.62 bits per heavy atom. The average molecular weight is 315 g/mol. The van der Waals surface area contributed by atoms with Gasteiger partial charge >= 0.3 is 0 Å². The first-order valence-corrected chi connectivity index (χ1v) is 6.95. The van der Waals surface area contributed by atoms with E-state index in [2.05, 4.69) is 5.10 Å². The minimum atomic E-state index is -4.35. The maximum Gasteiger partial charge on any atom is 0.274 e. The number of halogens is 1. The molecular weight excluding hydrogens is 305 g/mol. The van der Waals surface area contributed by atoms with Gasteiger partial charge in [-0.05, 0) is 0 Å². The van der Waals surface area contributed by atoms with E-state index in [0.717, 1.165) is 6.07 Å². The highest BCUT2D eigenvalue weighted by molar-refractivity contribution is 7.92. The van der Waals surface area contributed by atoms with Crippen LogP contribution in [0.15, 0.2) is 29.3 Å². The zero-order valence-corrected chi connectivity index (χ0v) is 11.5. The SMILES string of the molecule is Cn1ccc(NS(=O)(=O)c2c(N)cc([N+](=O)[O-])cc2F)n1. The first kappa shape index (κ1) is 14.7. The number of hydrogen-bond donors (Lipinski definition) is 2. The first-order valence-electron chi connectivity index (χ1n) is 5.46. The molecule has 0 atom stereocenters. The van der Waals surface area contributed by atoms with E-state index in [9.17, 15) is 22.9 Å². The number of benzene rings is 1. The second-order valence-corrected chi connectivity index (χ2v) is 5.70. The van der Waals surface area contributed by atoms with Crippen molar-refractivity contribution in [3.05, 3.63) is 40.3 Å². The lowest BCUT2D eigenvalue weighted by Crippen LogP contribution is -2.17. The number of nitrogens with zero attached hydrogens (tertiary/aromatic N) is 3. The van der Waals surface area contributed by atoms with Crippen molar-refractivity contribution >= 4 is 27.2 Å². The van der Waals surface area contributed by atoms with Crippen LogP contribution in [0.2, 0.25) is 0 Å². The van der Waals surface area contributed by atoms with Gasteiger partial charge in [-0.1, -0.05) is 0 Å². The minimum absolute atomic E-state index is 0.0327. The number of nitro groups is 1. The Morgan fingerprint density at radius 1 is 1.48 bits per heavy atom. The number of anilines is 2. The number of nitrogens with one attached hydrogen (secondary N) is 1. The second kappa shape index (κ2) is 5.01. The summed E-state index contributed by atoms with van der Waals surface area (Å²) in [5, 5.41) is 14.3. The summed E-state index contributed by atoms with van der Waals surface area (Å²) in [4.78, 5) is 8.83. The molecule has 0 amide bonds. The first-order chi connectivity index (χ1) is 9.70. The highest BCUT2D eigenvalue weighted by atomic mass is 32.2. The number of aromatic nitrogens is 2. The molecule has 0 aliphatic heterocycles. The molecule has 0 saturated heterocycles. The zero-order valence-electron chi connectivity index (χ0n) is 10.6. The smallest absolute Gasteiger partial charge is 0.274 e. The van der Waals surface area contributed by atoms with E-state index in [-0.39, 0.29) is 5.82 Å². The van der Waals surface area contributed by atoms with E-state index in [1.807, 2.05) is 4.72 Å². The van der Waals surface area contributed by atoms with Gasteiger partial charge in [0, 0.05) is 25.4 Å². The van der Waals surface area contributed by atoms with Crippen molar-refractivity contribution in [3.63, 3.8) is 0 Å². The Hall–Kier alpha value is -2.69. The van der Waals surface area contributed by atoms with Gasteiger partial charge in [0.15, 0.2) is 11.6 Å². The van der Waals surface area contributed by atoms with Crippen molar-refractivity contribution in [2.24, 2.45) is 7.05 Å². The van der Waals surface area contributed by atoms with Crippen molar-refractivity contribution < 1.29 is 17.7 Å². The number of aryl methyl sites for hydroxylation is 1. The molecule has 0 aliphatic rings. The molecule has 2 rings (SSSR count). The second-order valence-electron chi connectivity index (χ2n) is 4.08. The number of sulfonamides is 1. The van der Waals surface area contributed by atoms with E-state index in [1.165, 1.54) is 16.9 Å². The Morgan fingerprint density at radius 2 is 2.14 bits per heavy atom. The summed E-state index contributed by atoms with van der Waals surface area (Å²) in [6.45, 7) is 0. The normalized spacial score (nSPS) is 11.3. The molecule has 0 saturated carbocycles. The van der Waals surface area contributed by atoms with Crippen molar-refractivity contribution in [3.8, 4) is 0 Å². The third-order valence-electron chi connectivity index (χ3n) is 2.49. The molecule has 3 N–H and O–H groups in total. The standard InChI is InChI=1S/C10H10FN5O4S/c1-15-3-2-9(13-15)14-21(19,20)10-7(11)4-6(16(17)18)5-8(10)12/h2-5H,12H2,1H3,(H,13,14). The molecule has 0 fully saturated rings. The molecule has 1 heterocycles. The molecule has 9 nitrogen and oxygen atoms in total. The number of nitrogens with two attached hydrogens (primary N) is 1. The number of hydrogen-bond acceptors (Lipinski definition) is 6. The third-order valence-corrected chi connectivity index (χ3v) is 3.94. The van der Waals surface area contributed by atoms with Crippen LogP contribution in [0, 0.1) is 15.9 Å². The van der Waals surface area contributed by atoms with Crippen LogP contribution >= 0.6 is 0 Å². The van der Waals surface area contributed by atoms with Crippen molar-refractivity contribution in [1.82, 2.24) is 9.78 Å². The van der Waals surface area contributed by atoms with Gasteiger partial charge in [0.1, 0.15) is 4.90 Å². The van der Waals surface area contributed by atoms with E-state index in [4.69, 9.17) is 5.73 Å². The Bertz CT molecular complexity index is 794. The highest BCUT2D eigenvalue weighted by Crippen LogP contribution is 2.28. The summed E-state index contributed by atoms with van der Waals surface area (Å²) in [6.07, 6.45) is 1.48. The molecule has 0 radical (unpaired) electrons. The summed E-state index contributed by atoms with van der Waals surface area (Å²) in [5.41, 5.74) is 4.21. The fourth-order valence-corrected chi connectivity index (χ4v) is 2.82. The molecule has 1 aromatic heterocycles. The van der Waals surface area contributed by atoms with Gasteiger partial charge in [-0.2, -0.15) is 5.10 Å². The molecule has 11 heteroatoms. The van der Waals surface area contributed by atoms with Gasteiger partial charge in [-0.3, -0.25) is 19.5 Å². The molecule has 2 aromatic rings. The maximum atomic E-state index is 13.8. The van der Waals surface area contributed by atoms with Gasteiger partial charge in [-0.15, -0.1) is 0 Å². The van der Waals surface area contributed by atoms with Crippen LogP contribution in [0.1, 0.15) is 0 Å². The van der Waals surface area contributed by atoms with Crippen LogP contribution in [0.4, 0.5) is 21.6 Å². The number of nitrogen functional groups attached to an aromatic ring is 1. The van der Waals surface area contributed by atoms with Crippen LogP contribution in [-0.4, -0.2) is 23.1 Å². The lowest BCUT2D eigenvalue weighted by atomic mass is 10.3. The molecule has 0 spiro atoms. The molecule has 0 bridgehead atoms. The lowest BCUT2D eigenvalue weighted by Gasteiger charge is -2.09. The van der Waals surface area contributed by atoms with Gasteiger partial charge in [0.25, 0.3) is 15.7 Å². The topological polar surface area (TPSA) is 133 Å². The zero-order chi connectivity index (χ0) is 15.8. The van der Waals surface area contributed by atoms with Crippen molar-refractivity contribution in [2.45, 2.75) is 4.90 Å². The number of rotatable bonds is 4. The quantitative estimate of drug-likeness (QED) is 0.488. The molecule has 0 aliphatic carbocycles. The molecule has 1 aromatic carbocycles. The third kappa shape index (κ3) is 2.91. The fourth-order valence-electron chi connectivity index (χ4n) is 1.65. The van der Waals surface area contributed by atoms with Crippen LogP contribution in [0.5, 0.6) is 0 Å². The Balaban J connectivity index is 2.47. The van der Waals surface area contributed by atoms with Crippen molar-refractivity contribution in [1.29, 1.82) is 0 Å². The van der Waals surface area contributed by atoms with Crippen molar-refractivity contribution in [2.75, 3.05) is 10.5 Å². The summed E-state index contributed by atoms with van der Waals surface area (Å²) >= 11 is 0. The monoisotopic (exact) mass is 315 g/mol. The van der Waals surface area contributed by atoms with Crippen LogP contribution in [0.25, 0.3) is 0 Å². The summed E-state index contributed by atoms with van der Waals surface area (Å²) in [5.74, 6) is -1.35. The molecule has 0 unspecified atom stereocenters. The summed E-state index contributed by atoms with van der Waals surface area (Å²) < 4.78 is 41.4. The van der Waals surface area contributed by atoms with Crippen LogP contribution in [0.3, 0.4) is 0 Å². The Kier molecular flexibility index (Phi) is 3.51.